The van der Waals surface area contributed by atoms with Gasteiger partial charge in [0.1, 0.15) is 12.2 Å². The molecule has 0 unspecified atom stereocenters. The minimum absolute atomic E-state index is 0.0310. The molecule has 19 heavy (non-hydrogen) atoms. The van der Waals surface area contributed by atoms with Crippen LogP contribution in [-0.2, 0) is 4.74 Å². The van der Waals surface area contributed by atoms with E-state index in [0.29, 0.717) is 0 Å². The van der Waals surface area contributed by atoms with Crippen LogP contribution in [0.4, 0.5) is 0 Å². The SMILES string of the molecule is O=C(c1ccccc1)c1ccc2c(c1)[C@H]1C=C[C@@H]2O1. The number of benzene rings is 2. The fourth-order valence-corrected chi connectivity index (χ4v) is 2.78. The van der Waals surface area contributed by atoms with Gasteiger partial charge in [0.25, 0.3) is 0 Å². The lowest BCUT2D eigenvalue weighted by molar-refractivity contribution is 0.0878. The molecule has 0 aromatic heterocycles. The Morgan fingerprint density at radius 1 is 0.842 bits per heavy atom. The second-order valence-corrected chi connectivity index (χ2v) is 4.90. The molecule has 2 aliphatic heterocycles. The van der Waals surface area contributed by atoms with E-state index in [-0.39, 0.29) is 18.0 Å². The molecule has 2 aromatic rings. The lowest BCUT2D eigenvalue weighted by atomic mass is 9.92. The van der Waals surface area contributed by atoms with Gasteiger partial charge in [-0.1, -0.05) is 54.6 Å². The van der Waals surface area contributed by atoms with Crippen molar-refractivity contribution in [2.75, 3.05) is 0 Å². The average Bonchev–Trinajstić information content (AvgIpc) is 3.09. The van der Waals surface area contributed by atoms with E-state index in [4.69, 9.17) is 4.74 Å². The normalized spacial score (nSPS) is 22.5. The summed E-state index contributed by atoms with van der Waals surface area (Å²) >= 11 is 0. The number of carbonyl (C=O) groups excluding carboxylic acids is 1. The van der Waals surface area contributed by atoms with Gasteiger partial charge in [-0.3, -0.25) is 4.79 Å². The maximum atomic E-state index is 12.4. The highest BCUT2D eigenvalue weighted by Crippen LogP contribution is 2.45. The van der Waals surface area contributed by atoms with Crippen molar-refractivity contribution < 1.29 is 9.53 Å². The zero-order chi connectivity index (χ0) is 12.8. The predicted octanol–water partition coefficient (Wildman–Crippen LogP) is 3.60. The summed E-state index contributed by atoms with van der Waals surface area (Å²) in [5.74, 6) is 0.0650. The first-order chi connectivity index (χ1) is 9.33. The Hall–Kier alpha value is -2.19. The maximum Gasteiger partial charge on any atom is 0.193 e. The Morgan fingerprint density at radius 2 is 1.58 bits per heavy atom. The molecule has 4 rings (SSSR count). The van der Waals surface area contributed by atoms with Crippen LogP contribution in [0.1, 0.15) is 39.3 Å². The molecule has 0 amide bonds. The summed E-state index contributed by atoms with van der Waals surface area (Å²) < 4.78 is 5.76. The van der Waals surface area contributed by atoms with Crippen molar-refractivity contribution in [1.82, 2.24) is 0 Å². The van der Waals surface area contributed by atoms with Crippen molar-refractivity contribution in [3.05, 3.63) is 82.9 Å². The molecule has 2 aromatic carbocycles. The van der Waals surface area contributed by atoms with E-state index in [2.05, 4.69) is 12.2 Å². The van der Waals surface area contributed by atoms with E-state index in [0.717, 1.165) is 16.7 Å². The number of hydrogen-bond acceptors (Lipinski definition) is 2. The molecule has 0 fully saturated rings. The van der Waals surface area contributed by atoms with Gasteiger partial charge in [-0.2, -0.15) is 0 Å². The first-order valence-corrected chi connectivity index (χ1v) is 6.40. The molecule has 2 atom stereocenters. The van der Waals surface area contributed by atoms with Gasteiger partial charge < -0.3 is 4.74 Å². The Balaban J connectivity index is 1.75. The van der Waals surface area contributed by atoms with Crippen LogP contribution in [0.5, 0.6) is 0 Å². The van der Waals surface area contributed by atoms with E-state index >= 15 is 0 Å². The van der Waals surface area contributed by atoms with Crippen molar-refractivity contribution in [2.24, 2.45) is 0 Å². The first kappa shape index (κ1) is 10.7. The smallest absolute Gasteiger partial charge is 0.193 e. The van der Waals surface area contributed by atoms with Gasteiger partial charge in [-0.15, -0.1) is 0 Å². The molecule has 0 saturated carbocycles. The average molecular weight is 248 g/mol. The highest BCUT2D eigenvalue weighted by atomic mass is 16.5. The van der Waals surface area contributed by atoms with Gasteiger partial charge >= 0.3 is 0 Å². The second kappa shape index (κ2) is 3.90. The van der Waals surface area contributed by atoms with Gasteiger partial charge in [0.05, 0.1) is 0 Å². The minimum atomic E-state index is 0.0310. The standard InChI is InChI=1S/C17H12O2/c18-17(11-4-2-1-3-5-11)12-6-7-13-14(10-12)16-9-8-15(13)19-16/h1-10,15-16H/t15-,16+/m0/s1. The summed E-state index contributed by atoms with van der Waals surface area (Å²) in [5, 5.41) is 0. The Labute approximate surface area is 111 Å². The number of ketones is 1. The lowest BCUT2D eigenvalue weighted by Gasteiger charge is -2.09. The summed E-state index contributed by atoms with van der Waals surface area (Å²) in [6.07, 6.45) is 4.25. The van der Waals surface area contributed by atoms with Gasteiger partial charge in [0.15, 0.2) is 5.78 Å². The molecule has 2 nitrogen and oxygen atoms in total. The van der Waals surface area contributed by atoms with E-state index in [9.17, 15) is 4.79 Å². The van der Waals surface area contributed by atoms with Crippen LogP contribution in [-0.4, -0.2) is 5.78 Å². The van der Waals surface area contributed by atoms with Crippen LogP contribution in [0, 0.1) is 0 Å². The van der Waals surface area contributed by atoms with Crippen LogP contribution in [0.15, 0.2) is 60.7 Å². The Morgan fingerprint density at radius 3 is 2.37 bits per heavy atom. The topological polar surface area (TPSA) is 26.3 Å². The molecule has 2 heteroatoms. The van der Waals surface area contributed by atoms with Gasteiger partial charge in [0.2, 0.25) is 0 Å². The zero-order valence-corrected chi connectivity index (χ0v) is 10.2. The lowest BCUT2D eigenvalue weighted by Crippen LogP contribution is -2.03. The van der Waals surface area contributed by atoms with Crippen LogP contribution in [0.3, 0.4) is 0 Å². The molecule has 0 N–H and O–H groups in total. The highest BCUT2D eigenvalue weighted by molar-refractivity contribution is 6.09. The molecular weight excluding hydrogens is 236 g/mol. The first-order valence-electron chi connectivity index (χ1n) is 6.40. The quantitative estimate of drug-likeness (QED) is 0.599. The van der Waals surface area contributed by atoms with Crippen LogP contribution in [0.2, 0.25) is 0 Å². The summed E-state index contributed by atoms with van der Waals surface area (Å²) in [7, 11) is 0. The summed E-state index contributed by atoms with van der Waals surface area (Å²) in [6, 6.07) is 15.3. The van der Waals surface area contributed by atoms with Crippen molar-refractivity contribution in [3.8, 4) is 0 Å². The van der Waals surface area contributed by atoms with E-state index in [1.807, 2.05) is 48.5 Å². The molecule has 0 radical (unpaired) electrons. The van der Waals surface area contributed by atoms with Crippen molar-refractivity contribution >= 4 is 5.78 Å². The monoisotopic (exact) mass is 248 g/mol. The minimum Gasteiger partial charge on any atom is -0.357 e. The van der Waals surface area contributed by atoms with Gasteiger partial charge in [0, 0.05) is 11.1 Å². The summed E-state index contributed by atoms with van der Waals surface area (Å²) in [4.78, 5) is 12.4. The second-order valence-electron chi connectivity index (χ2n) is 4.90. The molecule has 0 saturated heterocycles. The molecule has 0 aliphatic carbocycles. The Bertz CT molecular complexity index is 686. The Kier molecular flexibility index (Phi) is 2.20. The molecule has 2 bridgehead atoms. The van der Waals surface area contributed by atoms with Crippen molar-refractivity contribution in [2.45, 2.75) is 12.2 Å². The maximum absolute atomic E-state index is 12.4. The van der Waals surface area contributed by atoms with Crippen molar-refractivity contribution in [1.29, 1.82) is 0 Å². The molecule has 2 heterocycles. The molecule has 2 aliphatic rings. The molecule has 0 spiro atoms. The number of ether oxygens (including phenoxy) is 1. The molecular formula is C17H12O2. The van der Waals surface area contributed by atoms with Crippen molar-refractivity contribution in [3.63, 3.8) is 0 Å². The van der Waals surface area contributed by atoms with Crippen LogP contribution >= 0.6 is 0 Å². The van der Waals surface area contributed by atoms with Crippen LogP contribution in [0.25, 0.3) is 0 Å². The number of fused-ring (bicyclic) bond motifs is 5. The third-order valence-corrected chi connectivity index (χ3v) is 3.75. The number of hydrogen-bond donors (Lipinski definition) is 0. The number of rotatable bonds is 2. The third kappa shape index (κ3) is 1.57. The third-order valence-electron chi connectivity index (χ3n) is 3.75. The van der Waals surface area contributed by atoms with E-state index in [1.54, 1.807) is 0 Å². The van der Waals surface area contributed by atoms with Gasteiger partial charge in [-0.05, 0) is 17.2 Å². The van der Waals surface area contributed by atoms with E-state index < -0.39 is 0 Å². The highest BCUT2D eigenvalue weighted by Gasteiger charge is 2.33. The number of carbonyl (C=O) groups is 1. The summed E-state index contributed by atoms with van der Waals surface area (Å²) in [5.41, 5.74) is 3.78. The predicted molar refractivity (Wildman–Crippen MR) is 72.0 cm³/mol. The molecule has 92 valence electrons. The van der Waals surface area contributed by atoms with Gasteiger partial charge in [-0.25, -0.2) is 0 Å². The fraction of sp³-hybridized carbons (Fsp3) is 0.118. The zero-order valence-electron chi connectivity index (χ0n) is 10.2. The largest absolute Gasteiger partial charge is 0.357 e. The summed E-state index contributed by atoms with van der Waals surface area (Å²) in [6.45, 7) is 0. The fourth-order valence-electron chi connectivity index (χ4n) is 2.78. The van der Waals surface area contributed by atoms with E-state index in [1.165, 1.54) is 5.56 Å². The van der Waals surface area contributed by atoms with Crippen LogP contribution < -0.4 is 0 Å².